The van der Waals surface area contributed by atoms with Crippen molar-refractivity contribution in [3.63, 3.8) is 0 Å². The number of nitrogens with zero attached hydrogens (tertiary/aromatic N) is 1. The van der Waals surface area contributed by atoms with E-state index in [0.29, 0.717) is 24.0 Å². The molecule has 188 valence electrons. The van der Waals surface area contributed by atoms with Crippen LogP contribution in [0.1, 0.15) is 57.7 Å². The minimum Gasteiger partial charge on any atom is -0.493 e. The molecular weight excluding hydrogens is 443 g/mol. The minimum atomic E-state index is -0.394. The second-order valence-corrected chi connectivity index (χ2v) is 11.6. The Morgan fingerprint density at radius 3 is 2.66 bits per heavy atom. The van der Waals surface area contributed by atoms with E-state index in [2.05, 4.69) is 37.9 Å². The first-order valence-corrected chi connectivity index (χ1v) is 12.9. The molecule has 3 aliphatic heterocycles. The molecule has 2 bridgehead atoms. The lowest BCUT2D eigenvalue weighted by molar-refractivity contribution is -0.0349. The number of ether oxygens (including phenoxy) is 2. The molecule has 0 radical (unpaired) electrons. The maximum absolute atomic E-state index is 15.4. The molecule has 0 spiro atoms. The molecule has 1 amide bonds. The van der Waals surface area contributed by atoms with Crippen molar-refractivity contribution in [3.8, 4) is 16.9 Å². The molecule has 6 heteroatoms. The smallest absolute Gasteiger partial charge is 0.407 e. The lowest BCUT2D eigenvalue weighted by Gasteiger charge is -2.44. The molecule has 2 aromatic carbocycles. The van der Waals surface area contributed by atoms with Crippen LogP contribution in [0.25, 0.3) is 11.1 Å². The Hall–Kier alpha value is -2.60. The van der Waals surface area contributed by atoms with Crippen LogP contribution in [0.4, 0.5) is 9.18 Å². The van der Waals surface area contributed by atoms with E-state index in [1.807, 2.05) is 30.3 Å². The van der Waals surface area contributed by atoms with Gasteiger partial charge < -0.3 is 14.8 Å². The number of hydrogen-bond donors (Lipinski definition) is 1. The summed E-state index contributed by atoms with van der Waals surface area (Å²) in [6.07, 6.45) is 2.49. The van der Waals surface area contributed by atoms with Gasteiger partial charge >= 0.3 is 6.09 Å². The van der Waals surface area contributed by atoms with Crippen LogP contribution in [0.3, 0.4) is 0 Å². The number of carbonyl (C=O) groups excluding carboxylic acids is 1. The number of piperidine rings is 3. The van der Waals surface area contributed by atoms with E-state index >= 15 is 4.39 Å². The molecule has 1 aliphatic carbocycles. The molecule has 6 rings (SSSR count). The van der Waals surface area contributed by atoms with Gasteiger partial charge in [0.1, 0.15) is 17.7 Å². The van der Waals surface area contributed by atoms with E-state index in [4.69, 9.17) is 9.47 Å². The van der Waals surface area contributed by atoms with Gasteiger partial charge in [-0.05, 0) is 90.6 Å². The molecule has 5 nitrogen and oxygen atoms in total. The monoisotopic (exact) mass is 480 g/mol. The van der Waals surface area contributed by atoms with Crippen molar-refractivity contribution in [3.05, 3.63) is 53.3 Å². The van der Waals surface area contributed by atoms with Gasteiger partial charge in [-0.15, -0.1) is 0 Å². The first kappa shape index (κ1) is 24.1. The van der Waals surface area contributed by atoms with Gasteiger partial charge in [-0.2, -0.15) is 0 Å². The van der Waals surface area contributed by atoms with Crippen molar-refractivity contribution in [2.24, 2.45) is 17.3 Å². The number of rotatable bonds is 6. The third kappa shape index (κ3) is 5.04. The molecular formula is C29H37FN2O3. The molecule has 35 heavy (non-hydrogen) atoms. The Kier molecular flexibility index (Phi) is 6.51. The number of carbonyl (C=O) groups is 1. The zero-order valence-electron chi connectivity index (χ0n) is 21.3. The van der Waals surface area contributed by atoms with Gasteiger partial charge in [0, 0.05) is 12.1 Å². The number of fused-ring (bicyclic) bond motifs is 4. The molecule has 0 saturated carbocycles. The standard InChI is InChI=1S/C29H37FN2O3/c1-18(2)17-34-22-7-5-6-20(12-22)23-13-21-15-29(3,4)27(24(21)14-25(23)30)31-28(33)35-26-16-32-10-8-19(26)9-11-32/h5-7,12-14,18-19,26-27H,8-11,15-17H2,1-4H3,(H,31,33)/t26-,27?/m1/s1. The zero-order valence-corrected chi connectivity index (χ0v) is 21.3. The van der Waals surface area contributed by atoms with Crippen LogP contribution in [-0.2, 0) is 11.2 Å². The molecule has 2 aromatic rings. The summed E-state index contributed by atoms with van der Waals surface area (Å²) in [5, 5.41) is 3.09. The molecule has 3 saturated heterocycles. The average Bonchev–Trinajstić information content (AvgIpc) is 3.06. The fourth-order valence-corrected chi connectivity index (χ4v) is 5.91. The highest BCUT2D eigenvalue weighted by Gasteiger charge is 2.42. The van der Waals surface area contributed by atoms with Crippen LogP contribution in [-0.4, -0.2) is 43.3 Å². The fraction of sp³-hybridized carbons (Fsp3) is 0.552. The number of benzene rings is 2. The van der Waals surface area contributed by atoms with Crippen LogP contribution in [0.15, 0.2) is 36.4 Å². The van der Waals surface area contributed by atoms with Crippen molar-refractivity contribution in [1.29, 1.82) is 0 Å². The highest BCUT2D eigenvalue weighted by molar-refractivity contribution is 5.71. The number of alkyl carbamates (subject to hydrolysis) is 1. The molecule has 1 N–H and O–H groups in total. The van der Waals surface area contributed by atoms with Gasteiger partial charge in [-0.25, -0.2) is 9.18 Å². The highest BCUT2D eigenvalue weighted by atomic mass is 19.1. The number of hydrogen-bond acceptors (Lipinski definition) is 4. The largest absolute Gasteiger partial charge is 0.493 e. The van der Waals surface area contributed by atoms with Crippen molar-refractivity contribution >= 4 is 6.09 Å². The molecule has 1 unspecified atom stereocenters. The molecule has 0 aromatic heterocycles. The molecule has 3 fully saturated rings. The third-order valence-corrected chi connectivity index (χ3v) is 7.81. The third-order valence-electron chi connectivity index (χ3n) is 7.81. The zero-order chi connectivity index (χ0) is 24.7. The summed E-state index contributed by atoms with van der Waals surface area (Å²) >= 11 is 0. The summed E-state index contributed by atoms with van der Waals surface area (Å²) in [4.78, 5) is 15.3. The van der Waals surface area contributed by atoms with Crippen molar-refractivity contribution in [2.45, 2.75) is 59.1 Å². The Balaban J connectivity index is 1.34. The lowest BCUT2D eigenvalue weighted by Crippen LogP contribution is -2.53. The topological polar surface area (TPSA) is 50.8 Å². The summed E-state index contributed by atoms with van der Waals surface area (Å²) < 4.78 is 27.1. The molecule has 4 aliphatic rings. The summed E-state index contributed by atoms with van der Waals surface area (Å²) in [5.74, 6) is 1.32. The van der Waals surface area contributed by atoms with Crippen LogP contribution >= 0.6 is 0 Å². The van der Waals surface area contributed by atoms with Crippen LogP contribution in [0, 0.1) is 23.1 Å². The van der Waals surface area contributed by atoms with Gasteiger partial charge in [0.2, 0.25) is 0 Å². The summed E-state index contributed by atoms with van der Waals surface area (Å²) in [7, 11) is 0. The molecule has 3 heterocycles. The van der Waals surface area contributed by atoms with E-state index in [1.165, 1.54) is 0 Å². The van der Waals surface area contributed by atoms with Gasteiger partial charge in [0.15, 0.2) is 0 Å². The summed E-state index contributed by atoms with van der Waals surface area (Å²) in [6.45, 7) is 12.1. The Morgan fingerprint density at radius 1 is 1.20 bits per heavy atom. The van der Waals surface area contributed by atoms with Gasteiger partial charge in [0.25, 0.3) is 0 Å². The lowest BCUT2D eigenvalue weighted by atomic mass is 9.85. The summed E-state index contributed by atoms with van der Waals surface area (Å²) in [5.41, 5.74) is 3.01. The Morgan fingerprint density at radius 2 is 1.97 bits per heavy atom. The number of nitrogens with one attached hydrogen (secondary N) is 1. The first-order chi connectivity index (χ1) is 16.7. The first-order valence-electron chi connectivity index (χ1n) is 12.9. The van der Waals surface area contributed by atoms with Crippen molar-refractivity contribution < 1.29 is 18.7 Å². The average molecular weight is 481 g/mol. The summed E-state index contributed by atoms with van der Waals surface area (Å²) in [6, 6.07) is 10.9. The Labute approximate surface area is 208 Å². The van der Waals surface area contributed by atoms with E-state index in [-0.39, 0.29) is 23.4 Å². The SMILES string of the molecule is CC(C)COc1cccc(-c2cc3c(cc2F)C(NC(=O)O[C@@H]2CN4CCC2CC4)C(C)(C)C3)c1. The van der Waals surface area contributed by atoms with E-state index in [1.54, 1.807) is 6.07 Å². The fourth-order valence-electron chi connectivity index (χ4n) is 5.91. The van der Waals surface area contributed by atoms with Gasteiger partial charge in [-0.3, -0.25) is 4.90 Å². The number of amides is 1. The van der Waals surface area contributed by atoms with Gasteiger partial charge in [0.05, 0.1) is 12.6 Å². The van der Waals surface area contributed by atoms with Crippen molar-refractivity contribution in [2.75, 3.05) is 26.2 Å². The highest BCUT2D eigenvalue weighted by Crippen LogP contribution is 2.47. The molecule has 2 atom stereocenters. The normalized spacial score (nSPS) is 26.5. The second kappa shape index (κ2) is 9.45. The predicted octanol–water partition coefficient (Wildman–Crippen LogP) is 5.97. The Bertz CT molecular complexity index is 1090. The maximum Gasteiger partial charge on any atom is 0.407 e. The maximum atomic E-state index is 15.4. The van der Waals surface area contributed by atoms with Crippen LogP contribution < -0.4 is 10.1 Å². The second-order valence-electron chi connectivity index (χ2n) is 11.6. The van der Waals surface area contributed by atoms with Crippen LogP contribution in [0.2, 0.25) is 0 Å². The van der Waals surface area contributed by atoms with E-state index < -0.39 is 6.09 Å². The van der Waals surface area contributed by atoms with Gasteiger partial charge in [-0.1, -0.05) is 39.8 Å². The minimum absolute atomic E-state index is 0.0502. The number of halogens is 1. The van der Waals surface area contributed by atoms with E-state index in [9.17, 15) is 4.79 Å². The van der Waals surface area contributed by atoms with Crippen molar-refractivity contribution in [1.82, 2.24) is 10.2 Å². The quantitative estimate of drug-likeness (QED) is 0.553. The van der Waals surface area contributed by atoms with E-state index in [0.717, 1.165) is 61.3 Å². The predicted molar refractivity (Wildman–Crippen MR) is 135 cm³/mol. The van der Waals surface area contributed by atoms with Crippen LogP contribution in [0.5, 0.6) is 5.75 Å².